The van der Waals surface area contributed by atoms with Gasteiger partial charge in [-0.1, -0.05) is 18.2 Å². The highest BCUT2D eigenvalue weighted by Crippen LogP contribution is 2.38. The second-order valence-electron chi connectivity index (χ2n) is 7.82. The molecule has 0 aliphatic heterocycles. The van der Waals surface area contributed by atoms with Crippen LogP contribution in [0.5, 0.6) is 5.75 Å². The van der Waals surface area contributed by atoms with E-state index in [-0.39, 0.29) is 18.1 Å². The van der Waals surface area contributed by atoms with E-state index >= 15 is 0 Å². The molecular weight excluding hydrogens is 356 g/mol. The zero-order valence-electron chi connectivity index (χ0n) is 15.8. The summed E-state index contributed by atoms with van der Waals surface area (Å²) in [6.45, 7) is 1.35. The van der Waals surface area contributed by atoms with Gasteiger partial charge in [-0.25, -0.2) is 4.79 Å². The summed E-state index contributed by atoms with van der Waals surface area (Å²) < 4.78 is 0. The van der Waals surface area contributed by atoms with Gasteiger partial charge in [-0.15, -0.1) is 0 Å². The van der Waals surface area contributed by atoms with Crippen molar-refractivity contribution in [1.82, 2.24) is 5.32 Å². The van der Waals surface area contributed by atoms with E-state index in [2.05, 4.69) is 16.7 Å². The van der Waals surface area contributed by atoms with Crippen molar-refractivity contribution in [3.8, 4) is 5.75 Å². The number of aryl methyl sites for hydroxylation is 2. The maximum absolute atomic E-state index is 12.8. The van der Waals surface area contributed by atoms with E-state index < -0.39 is 11.6 Å². The first-order chi connectivity index (χ1) is 13.4. The molecule has 0 radical (unpaired) electrons. The molecule has 2 amide bonds. The lowest BCUT2D eigenvalue weighted by Gasteiger charge is -2.30. The predicted molar refractivity (Wildman–Crippen MR) is 106 cm³/mol. The number of nitrogens with one attached hydrogen (secondary N) is 2. The van der Waals surface area contributed by atoms with Crippen molar-refractivity contribution in [3.63, 3.8) is 0 Å². The third-order valence-corrected chi connectivity index (χ3v) is 5.81. The van der Waals surface area contributed by atoms with Gasteiger partial charge in [-0.05, 0) is 67.0 Å². The van der Waals surface area contributed by atoms with E-state index in [4.69, 9.17) is 0 Å². The fourth-order valence-electron chi connectivity index (χ4n) is 4.28. The van der Waals surface area contributed by atoms with Crippen molar-refractivity contribution < 1.29 is 19.8 Å². The number of Topliss-reactive ketones (excluding diaryl/α,β-unsaturated/α-hetero) is 1. The molecule has 2 aliphatic rings. The lowest BCUT2D eigenvalue weighted by molar-refractivity contribution is 0.0995. The number of aliphatic hydroxyl groups excluding tert-OH is 1. The van der Waals surface area contributed by atoms with E-state index in [0.717, 1.165) is 36.8 Å². The van der Waals surface area contributed by atoms with Gasteiger partial charge in [-0.3, -0.25) is 4.79 Å². The van der Waals surface area contributed by atoms with Gasteiger partial charge < -0.3 is 20.8 Å². The maximum atomic E-state index is 12.8. The van der Waals surface area contributed by atoms with Crippen LogP contribution in [0.4, 0.5) is 10.5 Å². The number of hydrogen-bond acceptors (Lipinski definition) is 4. The number of rotatable bonds is 4. The van der Waals surface area contributed by atoms with Gasteiger partial charge in [0.25, 0.3) is 0 Å². The van der Waals surface area contributed by atoms with Crippen molar-refractivity contribution in [2.75, 3.05) is 11.9 Å². The summed E-state index contributed by atoms with van der Waals surface area (Å²) in [5.41, 5.74) is 4.05. The summed E-state index contributed by atoms with van der Waals surface area (Å²) in [5, 5.41) is 25.4. The minimum atomic E-state index is -1.08. The van der Waals surface area contributed by atoms with Crippen LogP contribution in [0.1, 0.15) is 52.4 Å². The molecule has 28 heavy (non-hydrogen) atoms. The standard InChI is InChI=1S/C22H24N2O4/c1-22(12-25,15-5-3-6-16(26)11-15)24-21(28)23-20-17-7-2-4-13(17)10-14-8-9-18(27)19(14)20/h3,5-6,10-11,25-26H,2,4,7-9,12H2,1H3,(H2,23,24,28). The number of amides is 2. The van der Waals surface area contributed by atoms with Crippen LogP contribution in [0.25, 0.3) is 0 Å². The van der Waals surface area contributed by atoms with Crippen LogP contribution in [-0.2, 0) is 24.8 Å². The summed E-state index contributed by atoms with van der Waals surface area (Å²) >= 11 is 0. The zero-order chi connectivity index (χ0) is 19.9. The highest BCUT2D eigenvalue weighted by atomic mass is 16.3. The molecule has 0 bridgehead atoms. The van der Waals surface area contributed by atoms with Crippen LogP contribution < -0.4 is 10.6 Å². The molecule has 1 unspecified atom stereocenters. The predicted octanol–water partition coefficient (Wildman–Crippen LogP) is 3.04. The number of aromatic hydroxyl groups is 1. The molecule has 0 saturated heterocycles. The molecule has 6 heteroatoms. The molecule has 146 valence electrons. The topological polar surface area (TPSA) is 98.7 Å². The molecule has 2 aromatic rings. The summed E-state index contributed by atoms with van der Waals surface area (Å²) in [7, 11) is 0. The fourth-order valence-corrected chi connectivity index (χ4v) is 4.28. The Hall–Kier alpha value is -2.86. The normalized spacial score (nSPS) is 17.0. The van der Waals surface area contributed by atoms with Gasteiger partial charge in [0.1, 0.15) is 5.75 Å². The first-order valence-electron chi connectivity index (χ1n) is 9.61. The SMILES string of the molecule is CC(CO)(NC(=O)Nc1c2c(cc3c1C(=O)CC3)CCC2)c1cccc(O)c1. The second-order valence-corrected chi connectivity index (χ2v) is 7.82. The van der Waals surface area contributed by atoms with Gasteiger partial charge in [-0.2, -0.15) is 0 Å². The number of hydrogen-bond donors (Lipinski definition) is 4. The summed E-state index contributed by atoms with van der Waals surface area (Å²) in [6.07, 6.45) is 4.02. The van der Waals surface area contributed by atoms with E-state index in [1.54, 1.807) is 19.1 Å². The molecule has 0 saturated carbocycles. The van der Waals surface area contributed by atoms with E-state index in [1.807, 2.05) is 0 Å². The van der Waals surface area contributed by atoms with Gasteiger partial charge in [0, 0.05) is 12.0 Å². The average Bonchev–Trinajstić information content (AvgIpc) is 3.28. The molecule has 6 nitrogen and oxygen atoms in total. The van der Waals surface area contributed by atoms with Gasteiger partial charge in [0.05, 0.1) is 17.8 Å². The number of carbonyl (C=O) groups excluding carboxylic acids is 2. The number of ketones is 1. The molecular formula is C22H24N2O4. The number of benzene rings is 2. The third-order valence-electron chi connectivity index (χ3n) is 5.81. The van der Waals surface area contributed by atoms with Crippen molar-refractivity contribution in [3.05, 3.63) is 58.1 Å². The van der Waals surface area contributed by atoms with Crippen LogP contribution in [-0.4, -0.2) is 28.6 Å². The molecule has 0 spiro atoms. The number of urea groups is 1. The smallest absolute Gasteiger partial charge is 0.320 e. The lowest BCUT2D eigenvalue weighted by Crippen LogP contribution is -2.48. The first-order valence-corrected chi connectivity index (χ1v) is 9.61. The summed E-state index contributed by atoms with van der Waals surface area (Å²) in [5.74, 6) is 0.126. The van der Waals surface area contributed by atoms with Gasteiger partial charge in [0.15, 0.2) is 5.78 Å². The van der Waals surface area contributed by atoms with Crippen molar-refractivity contribution in [1.29, 1.82) is 0 Å². The Morgan fingerprint density at radius 3 is 2.71 bits per heavy atom. The number of phenols is 1. The van der Waals surface area contributed by atoms with E-state index in [9.17, 15) is 19.8 Å². The molecule has 0 aromatic heterocycles. The molecule has 4 rings (SSSR count). The number of fused-ring (bicyclic) bond motifs is 2. The molecule has 2 aromatic carbocycles. The Morgan fingerprint density at radius 1 is 1.14 bits per heavy atom. The van der Waals surface area contributed by atoms with Gasteiger partial charge >= 0.3 is 6.03 Å². The van der Waals surface area contributed by atoms with E-state index in [0.29, 0.717) is 23.2 Å². The molecule has 1 atom stereocenters. The van der Waals surface area contributed by atoms with Crippen LogP contribution in [0.3, 0.4) is 0 Å². The van der Waals surface area contributed by atoms with Crippen LogP contribution in [0.2, 0.25) is 0 Å². The summed E-state index contributed by atoms with van der Waals surface area (Å²) in [6, 6.07) is 8.07. The fraction of sp³-hybridized carbons (Fsp3) is 0.364. The zero-order valence-corrected chi connectivity index (χ0v) is 15.8. The second kappa shape index (κ2) is 6.95. The van der Waals surface area contributed by atoms with Crippen molar-refractivity contribution >= 4 is 17.5 Å². The Labute approximate surface area is 163 Å². The molecule has 0 fully saturated rings. The monoisotopic (exact) mass is 380 g/mol. The molecule has 2 aliphatic carbocycles. The number of phenolic OH excluding ortho intramolecular Hbond substituents is 1. The Balaban J connectivity index is 1.64. The maximum Gasteiger partial charge on any atom is 0.320 e. The molecule has 0 heterocycles. The lowest BCUT2D eigenvalue weighted by atomic mass is 9.93. The first kappa shape index (κ1) is 18.5. The number of carbonyl (C=O) groups is 2. The van der Waals surface area contributed by atoms with E-state index in [1.165, 1.54) is 17.7 Å². The van der Waals surface area contributed by atoms with Crippen LogP contribution in [0, 0.1) is 0 Å². The Kier molecular flexibility index (Phi) is 4.59. The Morgan fingerprint density at radius 2 is 1.96 bits per heavy atom. The van der Waals surface area contributed by atoms with Crippen LogP contribution in [0.15, 0.2) is 30.3 Å². The number of aliphatic hydroxyl groups is 1. The molecule has 4 N–H and O–H groups in total. The largest absolute Gasteiger partial charge is 0.508 e. The quantitative estimate of drug-likeness (QED) is 0.655. The highest BCUT2D eigenvalue weighted by Gasteiger charge is 2.32. The minimum absolute atomic E-state index is 0.0590. The average molecular weight is 380 g/mol. The van der Waals surface area contributed by atoms with Crippen molar-refractivity contribution in [2.24, 2.45) is 0 Å². The van der Waals surface area contributed by atoms with Crippen molar-refractivity contribution in [2.45, 2.75) is 44.6 Å². The minimum Gasteiger partial charge on any atom is -0.508 e. The summed E-state index contributed by atoms with van der Waals surface area (Å²) in [4.78, 5) is 25.3. The van der Waals surface area contributed by atoms with Crippen LogP contribution >= 0.6 is 0 Å². The van der Waals surface area contributed by atoms with Gasteiger partial charge in [0.2, 0.25) is 0 Å². The number of anilines is 1. The Bertz CT molecular complexity index is 969. The third kappa shape index (κ3) is 3.14. The highest BCUT2D eigenvalue weighted by molar-refractivity contribution is 6.09.